The summed E-state index contributed by atoms with van der Waals surface area (Å²) < 4.78 is 0. The van der Waals surface area contributed by atoms with Crippen molar-refractivity contribution >= 4 is 11.9 Å². The van der Waals surface area contributed by atoms with E-state index in [0.717, 1.165) is 24.1 Å². The van der Waals surface area contributed by atoms with Gasteiger partial charge in [-0.25, -0.2) is 4.79 Å². The molecule has 1 aromatic rings. The van der Waals surface area contributed by atoms with Crippen molar-refractivity contribution in [1.82, 2.24) is 5.32 Å². The van der Waals surface area contributed by atoms with Crippen molar-refractivity contribution in [3.63, 3.8) is 0 Å². The third-order valence-electron chi connectivity index (χ3n) is 2.30. The highest BCUT2D eigenvalue weighted by molar-refractivity contribution is 5.94. The van der Waals surface area contributed by atoms with Crippen LogP contribution in [0, 0.1) is 0 Å². The summed E-state index contributed by atoms with van der Waals surface area (Å²) in [5.41, 5.74) is 1.01. The van der Waals surface area contributed by atoms with Crippen LogP contribution in [-0.2, 0) is 9.59 Å². The van der Waals surface area contributed by atoms with Gasteiger partial charge in [0.25, 0.3) is 0 Å². The van der Waals surface area contributed by atoms with Crippen molar-refractivity contribution in [2.45, 2.75) is 19.4 Å². The summed E-state index contributed by atoms with van der Waals surface area (Å²) in [5.74, 6) is -1.53. The lowest BCUT2D eigenvalue weighted by atomic mass is 10.0. The largest absolute Gasteiger partial charge is 0.478 e. The molecule has 4 nitrogen and oxygen atoms in total. The van der Waals surface area contributed by atoms with E-state index in [1.54, 1.807) is 0 Å². The number of aliphatic carboxylic acids is 1. The van der Waals surface area contributed by atoms with Crippen molar-refractivity contribution in [3.05, 3.63) is 48.0 Å². The second-order valence-corrected chi connectivity index (χ2v) is 3.55. The summed E-state index contributed by atoms with van der Waals surface area (Å²) in [5, 5.41) is 11.2. The Morgan fingerprint density at radius 3 is 2.47 bits per heavy atom. The van der Waals surface area contributed by atoms with Crippen LogP contribution >= 0.6 is 0 Å². The van der Waals surface area contributed by atoms with Crippen LogP contribution in [0.5, 0.6) is 0 Å². The van der Waals surface area contributed by atoms with E-state index in [1.165, 1.54) is 0 Å². The van der Waals surface area contributed by atoms with Crippen LogP contribution < -0.4 is 5.32 Å². The van der Waals surface area contributed by atoms with Gasteiger partial charge in [0.05, 0.1) is 6.04 Å². The van der Waals surface area contributed by atoms with E-state index in [-0.39, 0.29) is 6.04 Å². The molecule has 1 atom stereocenters. The molecule has 1 amide bonds. The van der Waals surface area contributed by atoms with E-state index < -0.39 is 11.9 Å². The van der Waals surface area contributed by atoms with Crippen LogP contribution in [-0.4, -0.2) is 17.0 Å². The first-order valence-corrected chi connectivity index (χ1v) is 5.40. The van der Waals surface area contributed by atoms with Crippen LogP contribution in [0.4, 0.5) is 0 Å². The van der Waals surface area contributed by atoms with Gasteiger partial charge in [0.15, 0.2) is 0 Å². The Labute approximate surface area is 100.0 Å². The van der Waals surface area contributed by atoms with Crippen molar-refractivity contribution in [1.29, 1.82) is 0 Å². The molecule has 0 unspecified atom stereocenters. The molecule has 0 fully saturated rings. The maximum atomic E-state index is 11.4. The molecular weight excluding hydrogens is 218 g/mol. The lowest BCUT2D eigenvalue weighted by molar-refractivity contribution is -0.131. The fraction of sp³-hybridized carbons (Fsp3) is 0.231. The monoisotopic (exact) mass is 233 g/mol. The van der Waals surface area contributed by atoms with Crippen LogP contribution in [0.15, 0.2) is 42.5 Å². The van der Waals surface area contributed by atoms with E-state index in [2.05, 4.69) is 5.32 Å². The molecule has 0 saturated heterocycles. The molecular formula is C13H15NO3. The molecule has 0 saturated carbocycles. The molecule has 0 spiro atoms. The number of rotatable bonds is 5. The first-order chi connectivity index (χ1) is 8.13. The molecule has 0 aliphatic carbocycles. The Kier molecular flexibility index (Phi) is 4.94. The van der Waals surface area contributed by atoms with E-state index in [0.29, 0.717) is 0 Å². The Hall–Kier alpha value is -2.10. The number of amides is 1. The number of hydrogen-bond donors (Lipinski definition) is 2. The zero-order valence-electron chi connectivity index (χ0n) is 9.59. The van der Waals surface area contributed by atoms with Gasteiger partial charge in [0.1, 0.15) is 0 Å². The Bertz CT molecular complexity index is 412. The number of carboxylic acid groups (broad SMARTS) is 1. The molecule has 0 heterocycles. The normalized spacial score (nSPS) is 12.3. The average molecular weight is 233 g/mol. The maximum Gasteiger partial charge on any atom is 0.328 e. The topological polar surface area (TPSA) is 66.4 Å². The molecule has 1 aromatic carbocycles. The number of nitrogens with one attached hydrogen (secondary N) is 1. The zero-order valence-corrected chi connectivity index (χ0v) is 9.59. The number of carbonyl (C=O) groups excluding carboxylic acids is 1. The van der Waals surface area contributed by atoms with Crippen molar-refractivity contribution in [2.75, 3.05) is 0 Å². The number of hydrogen-bond acceptors (Lipinski definition) is 2. The van der Waals surface area contributed by atoms with Crippen LogP contribution in [0.1, 0.15) is 24.9 Å². The predicted molar refractivity (Wildman–Crippen MR) is 64.4 cm³/mol. The highest BCUT2D eigenvalue weighted by Crippen LogP contribution is 2.15. The lowest BCUT2D eigenvalue weighted by Gasteiger charge is -2.16. The second-order valence-electron chi connectivity index (χ2n) is 3.55. The molecule has 90 valence electrons. The quantitative estimate of drug-likeness (QED) is 0.763. The van der Waals surface area contributed by atoms with Gasteiger partial charge in [-0.2, -0.15) is 0 Å². The third-order valence-corrected chi connectivity index (χ3v) is 2.30. The first kappa shape index (κ1) is 13.0. The summed E-state index contributed by atoms with van der Waals surface area (Å²) in [6, 6.07) is 9.46. The number of carboxylic acids is 1. The molecule has 0 aliphatic rings. The van der Waals surface area contributed by atoms with Crippen LogP contribution in [0.2, 0.25) is 0 Å². The summed E-state index contributed by atoms with van der Waals surface area (Å²) in [4.78, 5) is 21.7. The van der Waals surface area contributed by atoms with E-state index in [9.17, 15) is 9.59 Å². The summed E-state index contributed by atoms with van der Waals surface area (Å²) >= 11 is 0. The van der Waals surface area contributed by atoms with Crippen LogP contribution in [0.3, 0.4) is 0 Å². The van der Waals surface area contributed by atoms with Gasteiger partial charge in [0.2, 0.25) is 5.91 Å². The predicted octanol–water partition coefficient (Wildman–Crippen LogP) is 1.89. The van der Waals surface area contributed by atoms with Crippen LogP contribution in [0.25, 0.3) is 0 Å². The van der Waals surface area contributed by atoms with Gasteiger partial charge < -0.3 is 10.4 Å². The Balaban J connectivity index is 2.65. The average Bonchev–Trinajstić information content (AvgIpc) is 2.34. The van der Waals surface area contributed by atoms with E-state index in [1.807, 2.05) is 37.3 Å². The molecule has 0 aromatic heterocycles. The Morgan fingerprint density at radius 2 is 1.94 bits per heavy atom. The van der Waals surface area contributed by atoms with Gasteiger partial charge in [-0.3, -0.25) is 4.79 Å². The van der Waals surface area contributed by atoms with Crippen molar-refractivity contribution in [3.8, 4) is 0 Å². The summed E-state index contributed by atoms with van der Waals surface area (Å²) in [6.07, 6.45) is 2.59. The lowest BCUT2D eigenvalue weighted by Crippen LogP contribution is -2.26. The van der Waals surface area contributed by atoms with E-state index >= 15 is 0 Å². The Morgan fingerprint density at radius 1 is 1.29 bits per heavy atom. The smallest absolute Gasteiger partial charge is 0.328 e. The highest BCUT2D eigenvalue weighted by atomic mass is 16.4. The van der Waals surface area contributed by atoms with Gasteiger partial charge in [-0.05, 0) is 12.0 Å². The number of benzene rings is 1. The molecule has 17 heavy (non-hydrogen) atoms. The minimum absolute atomic E-state index is 0.0952. The molecule has 1 rings (SSSR count). The van der Waals surface area contributed by atoms with Crippen molar-refractivity contribution in [2.24, 2.45) is 0 Å². The second kappa shape index (κ2) is 6.48. The molecule has 4 heteroatoms. The van der Waals surface area contributed by atoms with E-state index in [4.69, 9.17) is 5.11 Å². The SMILES string of the molecule is CC[C@@H](NC(=O)/C=C/C(=O)O)c1ccccc1. The standard InChI is InChI=1S/C13H15NO3/c1-2-11(10-6-4-3-5-7-10)14-12(15)8-9-13(16)17/h3-9,11H,2H2,1H3,(H,14,15)(H,16,17)/b9-8+/t11-/m1/s1. The summed E-state index contributed by atoms with van der Waals surface area (Å²) in [6.45, 7) is 1.96. The molecule has 0 aliphatic heterocycles. The highest BCUT2D eigenvalue weighted by Gasteiger charge is 2.10. The molecule has 0 bridgehead atoms. The molecule has 2 N–H and O–H groups in total. The fourth-order valence-corrected chi connectivity index (χ4v) is 1.47. The zero-order chi connectivity index (χ0) is 12.7. The molecule has 0 radical (unpaired) electrons. The summed E-state index contributed by atoms with van der Waals surface area (Å²) in [7, 11) is 0. The maximum absolute atomic E-state index is 11.4. The van der Waals surface area contributed by atoms with Crippen molar-refractivity contribution < 1.29 is 14.7 Å². The fourth-order valence-electron chi connectivity index (χ4n) is 1.47. The minimum atomic E-state index is -1.13. The first-order valence-electron chi connectivity index (χ1n) is 5.40. The third kappa shape index (κ3) is 4.51. The van der Waals surface area contributed by atoms with Gasteiger partial charge in [-0.1, -0.05) is 37.3 Å². The van der Waals surface area contributed by atoms with Gasteiger partial charge >= 0.3 is 5.97 Å². The van der Waals surface area contributed by atoms with Gasteiger partial charge in [-0.15, -0.1) is 0 Å². The van der Waals surface area contributed by atoms with Gasteiger partial charge in [0, 0.05) is 12.2 Å². The minimum Gasteiger partial charge on any atom is -0.478 e. The number of carbonyl (C=O) groups is 2.